The summed E-state index contributed by atoms with van der Waals surface area (Å²) in [5, 5.41) is 5.55. The summed E-state index contributed by atoms with van der Waals surface area (Å²) in [6.45, 7) is 7.66. The maximum atomic E-state index is 11.6. The molecule has 0 amide bonds. The van der Waals surface area contributed by atoms with E-state index in [2.05, 4.69) is 71.3 Å². The largest absolute Gasteiger partial charge is 0.359 e. The van der Waals surface area contributed by atoms with Gasteiger partial charge in [-0.2, -0.15) is 0 Å². The van der Waals surface area contributed by atoms with Gasteiger partial charge in [0.25, 0.3) is 0 Å². The van der Waals surface area contributed by atoms with Crippen molar-refractivity contribution in [2.45, 2.75) is 64.6 Å². The molecule has 2 aromatic carbocycles. The molecule has 1 atom stereocenters. The summed E-state index contributed by atoms with van der Waals surface area (Å²) in [6.07, 6.45) is 6.47. The first kappa shape index (κ1) is 21.2. The van der Waals surface area contributed by atoms with Gasteiger partial charge >= 0.3 is 0 Å². The molecule has 0 bridgehead atoms. The molecule has 1 fully saturated rings. The molecule has 5 rings (SSSR count). The third kappa shape index (κ3) is 4.18. The number of nitrogens with zero attached hydrogens (tertiary/aromatic N) is 3. The van der Waals surface area contributed by atoms with Gasteiger partial charge in [0.05, 0.1) is 11.7 Å². The fourth-order valence-electron chi connectivity index (χ4n) is 5.55. The number of carbonyl (C=O) groups is 1. The van der Waals surface area contributed by atoms with E-state index >= 15 is 0 Å². The van der Waals surface area contributed by atoms with E-state index < -0.39 is 0 Å². The predicted molar refractivity (Wildman–Crippen MR) is 128 cm³/mol. The highest BCUT2D eigenvalue weighted by atomic mass is 16.5. The predicted octanol–water partition coefficient (Wildman–Crippen LogP) is 5.01. The van der Waals surface area contributed by atoms with Crippen molar-refractivity contribution < 1.29 is 9.32 Å². The molecule has 0 radical (unpaired) electrons. The Morgan fingerprint density at radius 1 is 1.16 bits per heavy atom. The molecule has 168 valence electrons. The number of aldehydes is 1. The molecule has 3 heterocycles. The highest BCUT2D eigenvalue weighted by Gasteiger charge is 2.32. The molecule has 1 aromatic heterocycles. The standard InChI is InChI=1S/C27H33N3O2/c1-19(2)30-23(18-31)14-22-15-24-25(28-32-27(24)16-26(22)30)9-8-20-10-12-29(13-11-20)17-21-6-4-3-5-7-21/h3-7,15-16,18-20,23H,8-14,17H2,1-2H3. The van der Waals surface area contributed by atoms with Crippen LogP contribution in [0.1, 0.15) is 49.9 Å². The second kappa shape index (κ2) is 9.07. The number of benzene rings is 2. The van der Waals surface area contributed by atoms with Gasteiger partial charge in [-0.25, -0.2) is 0 Å². The van der Waals surface area contributed by atoms with Gasteiger partial charge < -0.3 is 14.2 Å². The molecule has 2 aliphatic heterocycles. The van der Waals surface area contributed by atoms with Crippen LogP contribution in [0.5, 0.6) is 0 Å². The number of piperidine rings is 1. The van der Waals surface area contributed by atoms with Crippen LogP contribution in [-0.2, 0) is 24.2 Å². The molecule has 2 aliphatic rings. The molecule has 3 aromatic rings. The zero-order valence-electron chi connectivity index (χ0n) is 19.2. The first-order chi connectivity index (χ1) is 15.6. The summed E-state index contributed by atoms with van der Waals surface area (Å²) in [4.78, 5) is 16.4. The fraction of sp³-hybridized carbons (Fsp3) is 0.481. The van der Waals surface area contributed by atoms with Gasteiger partial charge in [-0.1, -0.05) is 35.5 Å². The Labute approximate surface area is 190 Å². The van der Waals surface area contributed by atoms with Crippen molar-refractivity contribution in [2.75, 3.05) is 18.0 Å². The summed E-state index contributed by atoms with van der Waals surface area (Å²) >= 11 is 0. The number of carbonyl (C=O) groups excluding carboxylic acids is 1. The Morgan fingerprint density at radius 2 is 1.94 bits per heavy atom. The number of aryl methyl sites for hydroxylation is 1. The molecule has 0 saturated carbocycles. The third-order valence-corrected chi connectivity index (χ3v) is 7.27. The summed E-state index contributed by atoms with van der Waals surface area (Å²) in [6, 6.07) is 15.3. The third-order valence-electron chi connectivity index (χ3n) is 7.27. The van der Waals surface area contributed by atoms with Crippen LogP contribution in [0.15, 0.2) is 47.0 Å². The molecule has 0 aliphatic carbocycles. The molecule has 0 N–H and O–H groups in total. The van der Waals surface area contributed by atoms with E-state index in [1.165, 1.54) is 37.1 Å². The summed E-state index contributed by atoms with van der Waals surface area (Å²) in [7, 11) is 0. The lowest BCUT2D eigenvalue weighted by Crippen LogP contribution is -2.38. The van der Waals surface area contributed by atoms with Crippen molar-refractivity contribution in [1.29, 1.82) is 0 Å². The highest BCUT2D eigenvalue weighted by Crippen LogP contribution is 2.38. The lowest BCUT2D eigenvalue weighted by molar-refractivity contribution is -0.108. The first-order valence-electron chi connectivity index (χ1n) is 12.0. The van der Waals surface area contributed by atoms with E-state index in [9.17, 15) is 4.79 Å². The number of fused-ring (bicyclic) bond motifs is 2. The monoisotopic (exact) mass is 431 g/mol. The van der Waals surface area contributed by atoms with E-state index in [-0.39, 0.29) is 12.1 Å². The Bertz CT molecular complexity index is 1070. The van der Waals surface area contributed by atoms with Gasteiger partial charge in [0.1, 0.15) is 6.29 Å². The van der Waals surface area contributed by atoms with Crippen LogP contribution >= 0.6 is 0 Å². The van der Waals surface area contributed by atoms with Gasteiger partial charge in [-0.05, 0) is 75.7 Å². The number of likely N-dealkylation sites (tertiary alicyclic amines) is 1. The molecule has 32 heavy (non-hydrogen) atoms. The van der Waals surface area contributed by atoms with E-state index in [4.69, 9.17) is 4.52 Å². The quantitative estimate of drug-likeness (QED) is 0.492. The van der Waals surface area contributed by atoms with Crippen LogP contribution < -0.4 is 4.90 Å². The molecular weight excluding hydrogens is 398 g/mol. The smallest absolute Gasteiger partial charge is 0.169 e. The minimum Gasteiger partial charge on any atom is -0.359 e. The normalized spacial score (nSPS) is 19.7. The highest BCUT2D eigenvalue weighted by molar-refractivity contribution is 5.88. The van der Waals surface area contributed by atoms with Crippen molar-refractivity contribution >= 4 is 22.9 Å². The summed E-state index contributed by atoms with van der Waals surface area (Å²) in [5.74, 6) is 0.749. The number of rotatable bonds is 7. The van der Waals surface area contributed by atoms with Crippen LogP contribution in [0, 0.1) is 5.92 Å². The lowest BCUT2D eigenvalue weighted by atomic mass is 9.91. The van der Waals surface area contributed by atoms with E-state index in [0.29, 0.717) is 0 Å². The topological polar surface area (TPSA) is 49.6 Å². The van der Waals surface area contributed by atoms with Crippen LogP contribution in [-0.4, -0.2) is 41.5 Å². The van der Waals surface area contributed by atoms with E-state index in [1.54, 1.807) is 0 Å². The van der Waals surface area contributed by atoms with Crippen molar-refractivity contribution in [2.24, 2.45) is 5.92 Å². The van der Waals surface area contributed by atoms with Crippen molar-refractivity contribution in [3.8, 4) is 0 Å². The number of anilines is 1. The average molecular weight is 432 g/mol. The number of aromatic nitrogens is 1. The molecule has 1 saturated heterocycles. The summed E-state index contributed by atoms with van der Waals surface area (Å²) < 4.78 is 5.72. The molecule has 0 spiro atoms. The number of hydrogen-bond donors (Lipinski definition) is 0. The van der Waals surface area contributed by atoms with Gasteiger partial charge in [0, 0.05) is 36.1 Å². The molecule has 5 heteroatoms. The first-order valence-corrected chi connectivity index (χ1v) is 12.0. The maximum Gasteiger partial charge on any atom is 0.169 e. The Kier molecular flexibility index (Phi) is 6.01. The second-order valence-corrected chi connectivity index (χ2v) is 9.76. The van der Waals surface area contributed by atoms with Crippen LogP contribution in [0.4, 0.5) is 5.69 Å². The van der Waals surface area contributed by atoms with Crippen molar-refractivity contribution in [3.63, 3.8) is 0 Å². The Morgan fingerprint density at radius 3 is 2.66 bits per heavy atom. The van der Waals surface area contributed by atoms with Gasteiger partial charge in [-0.3, -0.25) is 4.90 Å². The van der Waals surface area contributed by atoms with E-state index in [1.807, 2.05) is 0 Å². The van der Waals surface area contributed by atoms with Gasteiger partial charge in [-0.15, -0.1) is 0 Å². The lowest BCUT2D eigenvalue weighted by Gasteiger charge is -2.32. The van der Waals surface area contributed by atoms with Crippen LogP contribution in [0.3, 0.4) is 0 Å². The van der Waals surface area contributed by atoms with Gasteiger partial charge in [0.15, 0.2) is 5.58 Å². The Balaban J connectivity index is 1.21. The van der Waals surface area contributed by atoms with Crippen molar-refractivity contribution in [1.82, 2.24) is 10.1 Å². The second-order valence-electron chi connectivity index (χ2n) is 9.76. The maximum absolute atomic E-state index is 11.6. The van der Waals surface area contributed by atoms with Crippen molar-refractivity contribution in [3.05, 3.63) is 59.3 Å². The average Bonchev–Trinajstić information content (AvgIpc) is 3.38. The molecule has 5 nitrogen and oxygen atoms in total. The van der Waals surface area contributed by atoms with Crippen LogP contribution in [0.25, 0.3) is 11.0 Å². The zero-order chi connectivity index (χ0) is 22.1. The molecule has 1 unspecified atom stereocenters. The fourth-order valence-corrected chi connectivity index (χ4v) is 5.55. The van der Waals surface area contributed by atoms with Crippen LogP contribution in [0.2, 0.25) is 0 Å². The van der Waals surface area contributed by atoms with Gasteiger partial charge in [0.2, 0.25) is 0 Å². The Hall–Kier alpha value is -2.66. The number of hydrogen-bond acceptors (Lipinski definition) is 5. The van der Waals surface area contributed by atoms with E-state index in [0.717, 1.165) is 60.4 Å². The SMILES string of the molecule is CC(C)N1c2cc3onc(CCC4CCN(Cc5ccccc5)CC4)c3cc2CC1C=O. The zero-order valence-corrected chi connectivity index (χ0v) is 19.2. The molecular formula is C27H33N3O2. The minimum atomic E-state index is -0.0750. The minimum absolute atomic E-state index is 0.0750. The summed E-state index contributed by atoms with van der Waals surface area (Å²) in [5.41, 5.74) is 5.68.